The number of benzene rings is 1. The standard InChI is InChI=1S/C18H24FN3O3/c1-12(2)22(10-13(3)23)18(24)20-9-8-16-11-25-17(21-16)14-4-6-15(19)7-5-14/h4-7,11-13,23H,8-10H2,1-3H3,(H,20,24). The maximum Gasteiger partial charge on any atom is 0.317 e. The molecular weight excluding hydrogens is 325 g/mol. The van der Waals surface area contributed by atoms with Crippen LogP contribution >= 0.6 is 0 Å². The zero-order valence-electron chi connectivity index (χ0n) is 14.7. The van der Waals surface area contributed by atoms with Gasteiger partial charge in [-0.1, -0.05) is 0 Å². The molecule has 0 radical (unpaired) electrons. The van der Waals surface area contributed by atoms with Gasteiger partial charge in [-0.15, -0.1) is 0 Å². The lowest BCUT2D eigenvalue weighted by molar-refractivity contribution is 0.119. The summed E-state index contributed by atoms with van der Waals surface area (Å²) in [6.07, 6.45) is 1.46. The van der Waals surface area contributed by atoms with Gasteiger partial charge in [0, 0.05) is 31.1 Å². The third-order valence-electron chi connectivity index (χ3n) is 3.65. The van der Waals surface area contributed by atoms with E-state index in [1.165, 1.54) is 18.4 Å². The van der Waals surface area contributed by atoms with Crippen LogP contribution in [0, 0.1) is 5.82 Å². The van der Waals surface area contributed by atoms with E-state index in [-0.39, 0.29) is 24.4 Å². The second-order valence-electron chi connectivity index (χ2n) is 6.23. The van der Waals surface area contributed by atoms with Crippen LogP contribution in [0.15, 0.2) is 34.9 Å². The minimum Gasteiger partial charge on any atom is -0.444 e. The monoisotopic (exact) mass is 349 g/mol. The Hall–Kier alpha value is -2.41. The van der Waals surface area contributed by atoms with Crippen molar-refractivity contribution in [2.75, 3.05) is 13.1 Å². The van der Waals surface area contributed by atoms with Crippen molar-refractivity contribution in [3.8, 4) is 11.5 Å². The van der Waals surface area contributed by atoms with Crippen molar-refractivity contribution in [1.82, 2.24) is 15.2 Å². The molecule has 136 valence electrons. The predicted octanol–water partition coefficient (Wildman–Crippen LogP) is 2.82. The molecule has 2 amide bonds. The number of oxazole rings is 1. The summed E-state index contributed by atoms with van der Waals surface area (Å²) in [5.74, 6) is 0.101. The molecule has 25 heavy (non-hydrogen) atoms. The molecule has 1 heterocycles. The van der Waals surface area contributed by atoms with Gasteiger partial charge in [-0.05, 0) is 45.0 Å². The summed E-state index contributed by atoms with van der Waals surface area (Å²) in [6, 6.07) is 5.67. The number of hydrogen-bond acceptors (Lipinski definition) is 4. The van der Waals surface area contributed by atoms with E-state index in [0.717, 1.165) is 0 Å². The van der Waals surface area contributed by atoms with Crippen LogP contribution in [0.3, 0.4) is 0 Å². The highest BCUT2D eigenvalue weighted by Crippen LogP contribution is 2.19. The fourth-order valence-corrected chi connectivity index (χ4v) is 2.36. The number of nitrogens with one attached hydrogen (secondary N) is 1. The first kappa shape index (κ1) is 18.9. The van der Waals surface area contributed by atoms with E-state index >= 15 is 0 Å². The average Bonchev–Trinajstić information content (AvgIpc) is 3.01. The van der Waals surface area contributed by atoms with Crippen LogP contribution in [0.25, 0.3) is 11.5 Å². The van der Waals surface area contributed by atoms with E-state index in [2.05, 4.69) is 10.3 Å². The molecule has 0 fully saturated rings. The van der Waals surface area contributed by atoms with Gasteiger partial charge in [-0.2, -0.15) is 0 Å². The summed E-state index contributed by atoms with van der Waals surface area (Å²) in [4.78, 5) is 18.1. The van der Waals surface area contributed by atoms with Crippen LogP contribution in [0.4, 0.5) is 9.18 Å². The van der Waals surface area contributed by atoms with E-state index in [0.29, 0.717) is 30.1 Å². The molecule has 7 heteroatoms. The highest BCUT2D eigenvalue weighted by atomic mass is 19.1. The van der Waals surface area contributed by atoms with Gasteiger partial charge >= 0.3 is 6.03 Å². The molecule has 1 atom stereocenters. The van der Waals surface area contributed by atoms with Gasteiger partial charge in [0.2, 0.25) is 5.89 Å². The molecule has 2 N–H and O–H groups in total. The van der Waals surface area contributed by atoms with Gasteiger partial charge in [0.25, 0.3) is 0 Å². The fourth-order valence-electron chi connectivity index (χ4n) is 2.36. The van der Waals surface area contributed by atoms with Gasteiger partial charge in [-0.25, -0.2) is 14.2 Å². The van der Waals surface area contributed by atoms with E-state index in [1.807, 2.05) is 13.8 Å². The summed E-state index contributed by atoms with van der Waals surface area (Å²) in [5.41, 5.74) is 1.39. The summed E-state index contributed by atoms with van der Waals surface area (Å²) in [7, 11) is 0. The molecule has 1 aromatic carbocycles. The minimum absolute atomic E-state index is 0.00766. The molecule has 0 spiro atoms. The van der Waals surface area contributed by atoms with E-state index in [9.17, 15) is 14.3 Å². The van der Waals surface area contributed by atoms with Crippen LogP contribution in [-0.2, 0) is 6.42 Å². The van der Waals surface area contributed by atoms with Gasteiger partial charge in [0.15, 0.2) is 0 Å². The van der Waals surface area contributed by atoms with Crippen molar-refractivity contribution in [1.29, 1.82) is 0 Å². The maximum absolute atomic E-state index is 12.9. The van der Waals surface area contributed by atoms with Crippen molar-refractivity contribution < 1.29 is 18.7 Å². The highest BCUT2D eigenvalue weighted by molar-refractivity contribution is 5.74. The lowest BCUT2D eigenvalue weighted by atomic mass is 10.2. The molecule has 2 rings (SSSR count). The number of aliphatic hydroxyl groups excluding tert-OH is 1. The molecular formula is C18H24FN3O3. The topological polar surface area (TPSA) is 78.6 Å². The Morgan fingerprint density at radius 3 is 2.60 bits per heavy atom. The van der Waals surface area contributed by atoms with Gasteiger partial charge in [0.05, 0.1) is 11.8 Å². The molecule has 6 nitrogen and oxygen atoms in total. The molecule has 1 unspecified atom stereocenters. The van der Waals surface area contributed by atoms with Crippen molar-refractivity contribution in [3.05, 3.63) is 42.0 Å². The predicted molar refractivity (Wildman–Crippen MR) is 92.5 cm³/mol. The molecule has 2 aromatic rings. The Bertz CT molecular complexity index is 683. The number of nitrogens with zero attached hydrogens (tertiary/aromatic N) is 2. The Labute approximate surface area is 146 Å². The first-order valence-corrected chi connectivity index (χ1v) is 8.29. The van der Waals surface area contributed by atoms with Crippen molar-refractivity contribution >= 4 is 6.03 Å². The second kappa shape index (κ2) is 8.62. The Morgan fingerprint density at radius 2 is 2.00 bits per heavy atom. The zero-order chi connectivity index (χ0) is 18.4. The largest absolute Gasteiger partial charge is 0.444 e. The molecule has 0 aliphatic carbocycles. The molecule has 0 aliphatic rings. The average molecular weight is 349 g/mol. The smallest absolute Gasteiger partial charge is 0.317 e. The minimum atomic E-state index is -0.582. The van der Waals surface area contributed by atoms with E-state index < -0.39 is 6.10 Å². The van der Waals surface area contributed by atoms with Crippen LogP contribution < -0.4 is 5.32 Å². The van der Waals surface area contributed by atoms with Crippen LogP contribution in [0.5, 0.6) is 0 Å². The summed E-state index contributed by atoms with van der Waals surface area (Å²) >= 11 is 0. The Balaban J connectivity index is 1.87. The van der Waals surface area contributed by atoms with Gasteiger partial charge in [0.1, 0.15) is 12.1 Å². The third kappa shape index (κ3) is 5.56. The normalized spacial score (nSPS) is 12.2. The lowest BCUT2D eigenvalue weighted by Crippen LogP contribution is -2.47. The molecule has 0 aliphatic heterocycles. The summed E-state index contributed by atoms with van der Waals surface area (Å²) in [6.45, 7) is 6.12. The van der Waals surface area contributed by atoms with E-state index in [1.54, 1.807) is 24.0 Å². The lowest BCUT2D eigenvalue weighted by Gasteiger charge is -2.28. The number of carbonyl (C=O) groups is 1. The molecule has 0 saturated carbocycles. The Kier molecular flexibility index (Phi) is 6.52. The summed E-state index contributed by atoms with van der Waals surface area (Å²) < 4.78 is 18.3. The van der Waals surface area contributed by atoms with Gasteiger partial charge in [-0.3, -0.25) is 0 Å². The number of amides is 2. The third-order valence-corrected chi connectivity index (χ3v) is 3.65. The quantitative estimate of drug-likeness (QED) is 0.806. The number of aliphatic hydroxyl groups is 1. The first-order chi connectivity index (χ1) is 11.9. The zero-order valence-corrected chi connectivity index (χ0v) is 14.7. The first-order valence-electron chi connectivity index (χ1n) is 8.29. The second-order valence-corrected chi connectivity index (χ2v) is 6.23. The summed E-state index contributed by atoms with van der Waals surface area (Å²) in [5, 5.41) is 12.3. The van der Waals surface area contributed by atoms with Crippen molar-refractivity contribution in [2.45, 2.75) is 39.3 Å². The van der Waals surface area contributed by atoms with Crippen LogP contribution in [-0.4, -0.2) is 46.3 Å². The van der Waals surface area contributed by atoms with Crippen molar-refractivity contribution in [2.24, 2.45) is 0 Å². The van der Waals surface area contributed by atoms with E-state index in [4.69, 9.17) is 4.42 Å². The van der Waals surface area contributed by atoms with Crippen LogP contribution in [0.1, 0.15) is 26.5 Å². The number of rotatable bonds is 7. The number of urea groups is 1. The SMILES string of the molecule is CC(O)CN(C(=O)NCCc1coc(-c2ccc(F)cc2)n1)C(C)C. The maximum atomic E-state index is 12.9. The van der Waals surface area contributed by atoms with Crippen LogP contribution in [0.2, 0.25) is 0 Å². The highest BCUT2D eigenvalue weighted by Gasteiger charge is 2.18. The molecule has 1 aromatic heterocycles. The Morgan fingerprint density at radius 1 is 1.32 bits per heavy atom. The number of halogens is 1. The number of carbonyl (C=O) groups excluding carboxylic acids is 1. The van der Waals surface area contributed by atoms with Crippen molar-refractivity contribution in [3.63, 3.8) is 0 Å². The van der Waals surface area contributed by atoms with Gasteiger partial charge < -0.3 is 19.7 Å². The molecule has 0 bridgehead atoms. The number of aromatic nitrogens is 1. The molecule has 0 saturated heterocycles. The fraction of sp³-hybridized carbons (Fsp3) is 0.444. The number of hydrogen-bond donors (Lipinski definition) is 2.